The predicted molar refractivity (Wildman–Crippen MR) is 137 cm³/mol. The molecule has 0 radical (unpaired) electrons. The van der Waals surface area contributed by atoms with Gasteiger partial charge in [-0.2, -0.15) is 0 Å². The molecule has 0 N–H and O–H groups in total. The molecule has 0 saturated carbocycles. The standard InChI is InChI=1S/C30H38O4/c1-23-13-7-9-17-29(23,3)19-11-21-33-27(31)25-15-5-6-16-26(25)28(32)34-22-12-20-30(4)18-10-8-14-24(30)2/h5-10,13-18,23-24H,11-12,19-22H2,1-4H3. The molecule has 2 aliphatic rings. The van der Waals surface area contributed by atoms with E-state index in [1.807, 2.05) is 0 Å². The third-order valence-electron chi connectivity index (χ3n) is 7.61. The van der Waals surface area contributed by atoms with E-state index in [0.717, 1.165) is 25.7 Å². The van der Waals surface area contributed by atoms with Gasteiger partial charge in [-0.25, -0.2) is 9.59 Å². The second-order valence-corrected chi connectivity index (χ2v) is 10.1. The van der Waals surface area contributed by atoms with Crippen LogP contribution >= 0.6 is 0 Å². The molecule has 4 atom stereocenters. The van der Waals surface area contributed by atoms with Gasteiger partial charge in [-0.15, -0.1) is 0 Å². The number of ether oxygens (including phenoxy) is 2. The lowest BCUT2D eigenvalue weighted by Gasteiger charge is -2.33. The number of hydrogen-bond donors (Lipinski definition) is 0. The van der Waals surface area contributed by atoms with Crippen LogP contribution in [0.25, 0.3) is 0 Å². The molecule has 4 heteroatoms. The minimum absolute atomic E-state index is 0.0709. The molecular formula is C30H38O4. The lowest BCUT2D eigenvalue weighted by Crippen LogP contribution is -2.24. The Bertz CT molecular complexity index is 906. The van der Waals surface area contributed by atoms with E-state index in [1.165, 1.54) is 0 Å². The number of esters is 2. The number of hydrogen-bond acceptors (Lipinski definition) is 4. The van der Waals surface area contributed by atoms with Crippen LogP contribution in [0.2, 0.25) is 0 Å². The molecule has 0 aromatic heterocycles. The van der Waals surface area contributed by atoms with Crippen molar-refractivity contribution < 1.29 is 19.1 Å². The number of rotatable bonds is 10. The van der Waals surface area contributed by atoms with Crippen LogP contribution in [0.15, 0.2) is 72.9 Å². The average molecular weight is 463 g/mol. The lowest BCUT2D eigenvalue weighted by molar-refractivity contribution is 0.0439. The van der Waals surface area contributed by atoms with Gasteiger partial charge in [0.25, 0.3) is 0 Å². The smallest absolute Gasteiger partial charge is 0.339 e. The molecule has 0 fully saturated rings. The van der Waals surface area contributed by atoms with Crippen molar-refractivity contribution in [3.63, 3.8) is 0 Å². The van der Waals surface area contributed by atoms with Crippen LogP contribution in [0, 0.1) is 22.7 Å². The van der Waals surface area contributed by atoms with Gasteiger partial charge in [0.2, 0.25) is 0 Å². The van der Waals surface area contributed by atoms with E-state index >= 15 is 0 Å². The van der Waals surface area contributed by atoms with Gasteiger partial charge in [0.1, 0.15) is 0 Å². The summed E-state index contributed by atoms with van der Waals surface area (Å²) in [5, 5.41) is 0. The summed E-state index contributed by atoms with van der Waals surface area (Å²) in [4.78, 5) is 25.4. The fourth-order valence-corrected chi connectivity index (χ4v) is 4.61. The van der Waals surface area contributed by atoms with Crippen LogP contribution in [0.5, 0.6) is 0 Å². The Morgan fingerprint density at radius 1 is 0.735 bits per heavy atom. The number of carbonyl (C=O) groups is 2. The van der Waals surface area contributed by atoms with Crippen molar-refractivity contribution in [2.45, 2.75) is 53.4 Å². The molecule has 0 saturated heterocycles. The van der Waals surface area contributed by atoms with E-state index in [0.29, 0.717) is 25.0 Å². The first kappa shape index (κ1) is 25.7. The highest BCUT2D eigenvalue weighted by molar-refractivity contribution is 6.03. The van der Waals surface area contributed by atoms with Crippen molar-refractivity contribution in [1.29, 1.82) is 0 Å². The monoisotopic (exact) mass is 462 g/mol. The second kappa shape index (κ2) is 11.5. The Morgan fingerprint density at radius 3 is 1.53 bits per heavy atom. The van der Waals surface area contributed by atoms with Crippen LogP contribution < -0.4 is 0 Å². The van der Waals surface area contributed by atoms with Crippen molar-refractivity contribution in [3.05, 3.63) is 84.0 Å². The lowest BCUT2D eigenvalue weighted by atomic mass is 9.72. The van der Waals surface area contributed by atoms with Gasteiger partial charge in [0.15, 0.2) is 0 Å². The van der Waals surface area contributed by atoms with E-state index in [4.69, 9.17) is 9.47 Å². The van der Waals surface area contributed by atoms with Gasteiger partial charge in [-0.1, -0.05) is 88.4 Å². The summed E-state index contributed by atoms with van der Waals surface area (Å²) < 4.78 is 11.0. The fourth-order valence-electron chi connectivity index (χ4n) is 4.61. The van der Waals surface area contributed by atoms with Crippen molar-refractivity contribution in [2.24, 2.45) is 22.7 Å². The largest absolute Gasteiger partial charge is 0.462 e. The predicted octanol–water partition coefficient (Wildman–Crippen LogP) is 7.10. The zero-order valence-corrected chi connectivity index (χ0v) is 21.0. The minimum atomic E-state index is -0.481. The second-order valence-electron chi connectivity index (χ2n) is 10.1. The first-order chi connectivity index (χ1) is 16.3. The Morgan fingerprint density at radius 2 is 1.15 bits per heavy atom. The highest BCUT2D eigenvalue weighted by Crippen LogP contribution is 2.38. The Labute approximate surface area is 204 Å². The molecule has 1 aromatic rings. The van der Waals surface area contributed by atoms with E-state index in [9.17, 15) is 9.59 Å². The molecule has 2 aliphatic carbocycles. The first-order valence-electron chi connectivity index (χ1n) is 12.4. The van der Waals surface area contributed by atoms with Crippen LogP contribution in [0.3, 0.4) is 0 Å². The summed E-state index contributed by atoms with van der Waals surface area (Å²) in [6.45, 7) is 9.51. The van der Waals surface area contributed by atoms with Crippen LogP contribution in [0.4, 0.5) is 0 Å². The first-order valence-corrected chi connectivity index (χ1v) is 12.4. The summed E-state index contributed by atoms with van der Waals surface area (Å²) in [5.74, 6) is -0.0733. The highest BCUT2D eigenvalue weighted by Gasteiger charge is 2.29. The van der Waals surface area contributed by atoms with Gasteiger partial charge < -0.3 is 9.47 Å². The third kappa shape index (κ3) is 6.37. The van der Waals surface area contributed by atoms with Crippen molar-refractivity contribution in [3.8, 4) is 0 Å². The maximum absolute atomic E-state index is 12.7. The van der Waals surface area contributed by atoms with Crippen LogP contribution in [-0.2, 0) is 9.47 Å². The van der Waals surface area contributed by atoms with Crippen LogP contribution in [-0.4, -0.2) is 25.2 Å². The third-order valence-corrected chi connectivity index (χ3v) is 7.61. The average Bonchev–Trinajstić information content (AvgIpc) is 2.83. The molecule has 0 heterocycles. The highest BCUT2D eigenvalue weighted by atomic mass is 16.5. The number of carbonyl (C=O) groups excluding carboxylic acids is 2. The zero-order chi connectivity index (χ0) is 24.6. The molecule has 3 rings (SSSR count). The fraction of sp³-hybridized carbons (Fsp3) is 0.467. The summed E-state index contributed by atoms with van der Waals surface area (Å²) in [7, 11) is 0. The summed E-state index contributed by atoms with van der Waals surface area (Å²) in [6, 6.07) is 6.72. The SMILES string of the molecule is CC1C=CC=CC1(C)CCCOC(=O)c1ccccc1C(=O)OCCCC1(C)C=CC=CC1C. The summed E-state index contributed by atoms with van der Waals surface area (Å²) in [6.07, 6.45) is 20.6. The maximum Gasteiger partial charge on any atom is 0.339 e. The molecule has 1 aromatic carbocycles. The molecule has 34 heavy (non-hydrogen) atoms. The van der Waals surface area contributed by atoms with E-state index in [1.54, 1.807) is 24.3 Å². The molecule has 182 valence electrons. The molecule has 0 bridgehead atoms. The molecule has 0 aliphatic heterocycles. The van der Waals surface area contributed by atoms with Crippen molar-refractivity contribution >= 4 is 11.9 Å². The molecule has 0 amide bonds. The summed E-state index contributed by atoms with van der Waals surface area (Å²) in [5.41, 5.74) is 0.657. The van der Waals surface area contributed by atoms with E-state index in [2.05, 4.69) is 76.3 Å². The molecule has 4 nitrogen and oxygen atoms in total. The minimum Gasteiger partial charge on any atom is -0.462 e. The van der Waals surface area contributed by atoms with E-state index in [-0.39, 0.29) is 22.0 Å². The quantitative estimate of drug-likeness (QED) is 0.275. The Balaban J connectivity index is 1.47. The van der Waals surface area contributed by atoms with Crippen molar-refractivity contribution in [1.82, 2.24) is 0 Å². The molecule has 0 spiro atoms. The maximum atomic E-state index is 12.7. The van der Waals surface area contributed by atoms with Crippen LogP contribution in [0.1, 0.15) is 74.1 Å². The normalized spacial score (nSPS) is 27.5. The Hall–Kier alpha value is -2.88. The topological polar surface area (TPSA) is 52.6 Å². The van der Waals surface area contributed by atoms with Gasteiger partial charge in [0, 0.05) is 0 Å². The van der Waals surface area contributed by atoms with Gasteiger partial charge in [0.05, 0.1) is 24.3 Å². The zero-order valence-electron chi connectivity index (χ0n) is 21.0. The summed E-state index contributed by atoms with van der Waals surface area (Å²) >= 11 is 0. The number of benzene rings is 1. The van der Waals surface area contributed by atoms with E-state index < -0.39 is 11.9 Å². The Kier molecular flexibility index (Phi) is 8.71. The molecule has 4 unspecified atom stereocenters. The number of allylic oxidation sites excluding steroid dienone is 8. The van der Waals surface area contributed by atoms with Crippen molar-refractivity contribution in [2.75, 3.05) is 13.2 Å². The van der Waals surface area contributed by atoms with Gasteiger partial charge in [-0.3, -0.25) is 0 Å². The molecular weight excluding hydrogens is 424 g/mol. The van der Waals surface area contributed by atoms with Gasteiger partial charge >= 0.3 is 11.9 Å². The van der Waals surface area contributed by atoms with Gasteiger partial charge in [-0.05, 0) is 60.5 Å².